The van der Waals surface area contributed by atoms with Gasteiger partial charge in [-0.2, -0.15) is 0 Å². The number of fused-ring (bicyclic) bond motifs is 1. The van der Waals surface area contributed by atoms with Gasteiger partial charge in [0.25, 0.3) is 11.8 Å². The third-order valence-corrected chi connectivity index (χ3v) is 4.15. The van der Waals surface area contributed by atoms with Crippen LogP contribution in [-0.4, -0.2) is 28.4 Å². The number of benzene rings is 1. The molecule has 3 rings (SSSR count). The summed E-state index contributed by atoms with van der Waals surface area (Å²) in [5.41, 5.74) is 2.47. The van der Waals surface area contributed by atoms with Gasteiger partial charge < -0.3 is 10.2 Å². The zero-order valence-electron chi connectivity index (χ0n) is 15.0. The summed E-state index contributed by atoms with van der Waals surface area (Å²) < 4.78 is 0. The second kappa shape index (κ2) is 6.31. The highest BCUT2D eigenvalue weighted by atomic mass is 16.2. The fourth-order valence-electron chi connectivity index (χ4n) is 3.11. The highest BCUT2D eigenvalue weighted by Gasteiger charge is 2.31. The standard InChI is InChI=1S/C20H23N3O2/c1-13-11-14-7-5-6-8-17(14)23(13)19(25)15-9-10-21-16(12-15)18(24)22-20(2,3)4/h5-10,12-13H,11H2,1-4H3,(H,22,24). The van der Waals surface area contributed by atoms with Crippen LogP contribution in [0.4, 0.5) is 5.69 Å². The van der Waals surface area contributed by atoms with Gasteiger partial charge in [-0.1, -0.05) is 18.2 Å². The third-order valence-electron chi connectivity index (χ3n) is 4.15. The minimum Gasteiger partial charge on any atom is -0.346 e. The minimum absolute atomic E-state index is 0.0879. The van der Waals surface area contributed by atoms with E-state index in [-0.39, 0.29) is 29.1 Å². The number of nitrogens with one attached hydrogen (secondary N) is 1. The number of para-hydroxylation sites is 1. The largest absolute Gasteiger partial charge is 0.346 e. The van der Waals surface area contributed by atoms with Crippen LogP contribution in [0.15, 0.2) is 42.6 Å². The normalized spacial score (nSPS) is 16.5. The third kappa shape index (κ3) is 3.55. The van der Waals surface area contributed by atoms with Crippen molar-refractivity contribution in [3.8, 4) is 0 Å². The Morgan fingerprint density at radius 1 is 1.20 bits per heavy atom. The molecular weight excluding hydrogens is 314 g/mol. The molecule has 0 radical (unpaired) electrons. The number of aromatic nitrogens is 1. The molecule has 1 aromatic heterocycles. The highest BCUT2D eigenvalue weighted by Crippen LogP contribution is 2.33. The van der Waals surface area contributed by atoms with E-state index in [0.717, 1.165) is 12.1 Å². The molecule has 1 aliphatic heterocycles. The molecule has 0 saturated heterocycles. The predicted octanol–water partition coefficient (Wildman–Crippen LogP) is 3.20. The fourth-order valence-corrected chi connectivity index (χ4v) is 3.11. The van der Waals surface area contributed by atoms with Gasteiger partial charge >= 0.3 is 0 Å². The highest BCUT2D eigenvalue weighted by molar-refractivity contribution is 6.08. The van der Waals surface area contributed by atoms with Crippen molar-refractivity contribution in [2.75, 3.05) is 4.90 Å². The van der Waals surface area contributed by atoms with Crippen LogP contribution in [0.1, 0.15) is 54.1 Å². The second-order valence-electron chi connectivity index (χ2n) is 7.49. The minimum atomic E-state index is -0.360. The number of pyridine rings is 1. The van der Waals surface area contributed by atoms with E-state index in [4.69, 9.17) is 0 Å². The maximum atomic E-state index is 13.0. The van der Waals surface area contributed by atoms with Gasteiger partial charge in [-0.05, 0) is 57.9 Å². The number of anilines is 1. The monoisotopic (exact) mass is 337 g/mol. The smallest absolute Gasteiger partial charge is 0.270 e. The molecule has 1 aromatic carbocycles. The lowest BCUT2D eigenvalue weighted by Gasteiger charge is -2.23. The van der Waals surface area contributed by atoms with Crippen molar-refractivity contribution in [2.45, 2.75) is 45.7 Å². The maximum Gasteiger partial charge on any atom is 0.270 e. The van der Waals surface area contributed by atoms with Crippen molar-refractivity contribution in [3.05, 3.63) is 59.4 Å². The summed E-state index contributed by atoms with van der Waals surface area (Å²) >= 11 is 0. The summed E-state index contributed by atoms with van der Waals surface area (Å²) in [6.45, 7) is 7.75. The molecule has 1 atom stereocenters. The first-order chi connectivity index (χ1) is 11.8. The van der Waals surface area contributed by atoms with Gasteiger partial charge in [0.15, 0.2) is 0 Å². The molecule has 1 N–H and O–H groups in total. The van der Waals surface area contributed by atoms with E-state index in [1.165, 1.54) is 11.8 Å². The van der Waals surface area contributed by atoms with Gasteiger partial charge in [-0.25, -0.2) is 0 Å². The van der Waals surface area contributed by atoms with Crippen LogP contribution in [0.25, 0.3) is 0 Å². The summed E-state index contributed by atoms with van der Waals surface area (Å²) in [5, 5.41) is 2.87. The van der Waals surface area contributed by atoms with E-state index >= 15 is 0 Å². The summed E-state index contributed by atoms with van der Waals surface area (Å²) in [5.74, 6) is -0.387. The van der Waals surface area contributed by atoms with E-state index in [9.17, 15) is 9.59 Å². The molecule has 5 heteroatoms. The number of nitrogens with zero attached hydrogens (tertiary/aromatic N) is 2. The Bertz CT molecular complexity index is 824. The molecule has 1 aliphatic rings. The Hall–Kier alpha value is -2.69. The summed E-state index contributed by atoms with van der Waals surface area (Å²) in [6, 6.07) is 11.2. The Morgan fingerprint density at radius 3 is 2.64 bits per heavy atom. The lowest BCUT2D eigenvalue weighted by molar-refractivity contribution is 0.0914. The van der Waals surface area contributed by atoms with E-state index in [1.807, 2.05) is 52.0 Å². The van der Waals surface area contributed by atoms with Crippen molar-refractivity contribution >= 4 is 17.5 Å². The Labute approximate surface area is 148 Å². The molecule has 0 bridgehead atoms. The lowest BCUT2D eigenvalue weighted by Crippen LogP contribution is -2.41. The number of amides is 2. The van der Waals surface area contributed by atoms with Crippen molar-refractivity contribution in [2.24, 2.45) is 0 Å². The number of hydrogen-bond donors (Lipinski definition) is 1. The van der Waals surface area contributed by atoms with Crippen molar-refractivity contribution in [3.63, 3.8) is 0 Å². The van der Waals surface area contributed by atoms with Crippen molar-refractivity contribution < 1.29 is 9.59 Å². The molecule has 2 aromatic rings. The molecule has 2 amide bonds. The summed E-state index contributed by atoms with van der Waals surface area (Å²) in [7, 11) is 0. The topological polar surface area (TPSA) is 62.3 Å². The molecule has 25 heavy (non-hydrogen) atoms. The van der Waals surface area contributed by atoms with E-state index < -0.39 is 0 Å². The van der Waals surface area contributed by atoms with Gasteiger partial charge in [-0.15, -0.1) is 0 Å². The first kappa shape index (κ1) is 17.1. The van der Waals surface area contributed by atoms with Crippen LogP contribution in [0, 0.1) is 0 Å². The summed E-state index contributed by atoms with van der Waals surface area (Å²) in [6.07, 6.45) is 2.35. The fraction of sp³-hybridized carbons (Fsp3) is 0.350. The number of carbonyl (C=O) groups is 2. The molecule has 0 saturated carbocycles. The quantitative estimate of drug-likeness (QED) is 0.915. The zero-order valence-corrected chi connectivity index (χ0v) is 15.0. The molecule has 5 nitrogen and oxygen atoms in total. The average molecular weight is 337 g/mol. The van der Waals surface area contributed by atoms with E-state index in [0.29, 0.717) is 5.56 Å². The van der Waals surface area contributed by atoms with Gasteiger partial charge in [-0.3, -0.25) is 14.6 Å². The van der Waals surface area contributed by atoms with E-state index in [1.54, 1.807) is 17.0 Å². The van der Waals surface area contributed by atoms with E-state index in [2.05, 4.69) is 10.3 Å². The molecule has 0 aliphatic carbocycles. The summed E-state index contributed by atoms with van der Waals surface area (Å²) in [4.78, 5) is 31.3. The molecular formula is C20H23N3O2. The van der Waals surface area contributed by atoms with Gasteiger partial charge in [0, 0.05) is 29.0 Å². The van der Waals surface area contributed by atoms with Gasteiger partial charge in [0.1, 0.15) is 5.69 Å². The molecule has 2 heterocycles. The van der Waals surface area contributed by atoms with Crippen LogP contribution in [-0.2, 0) is 6.42 Å². The van der Waals surface area contributed by atoms with Crippen LogP contribution in [0.5, 0.6) is 0 Å². The van der Waals surface area contributed by atoms with Crippen molar-refractivity contribution in [1.29, 1.82) is 0 Å². The lowest BCUT2D eigenvalue weighted by atomic mass is 10.1. The Morgan fingerprint density at radius 2 is 1.92 bits per heavy atom. The zero-order chi connectivity index (χ0) is 18.2. The van der Waals surface area contributed by atoms with Gasteiger partial charge in [0.2, 0.25) is 0 Å². The van der Waals surface area contributed by atoms with Crippen LogP contribution < -0.4 is 10.2 Å². The Kier molecular flexibility index (Phi) is 4.33. The molecule has 0 fully saturated rings. The van der Waals surface area contributed by atoms with Crippen LogP contribution in [0.2, 0.25) is 0 Å². The second-order valence-corrected chi connectivity index (χ2v) is 7.49. The number of hydrogen-bond acceptors (Lipinski definition) is 3. The number of rotatable bonds is 2. The first-order valence-corrected chi connectivity index (χ1v) is 8.46. The maximum absolute atomic E-state index is 13.0. The predicted molar refractivity (Wildman–Crippen MR) is 97.9 cm³/mol. The SMILES string of the molecule is CC1Cc2ccccc2N1C(=O)c1ccnc(C(=O)NC(C)(C)C)c1. The first-order valence-electron chi connectivity index (χ1n) is 8.46. The van der Waals surface area contributed by atoms with Crippen molar-refractivity contribution in [1.82, 2.24) is 10.3 Å². The molecule has 130 valence electrons. The van der Waals surface area contributed by atoms with Crippen LogP contribution in [0.3, 0.4) is 0 Å². The Balaban J connectivity index is 1.89. The molecule has 0 spiro atoms. The number of carbonyl (C=O) groups excluding carboxylic acids is 2. The molecule has 1 unspecified atom stereocenters. The van der Waals surface area contributed by atoms with Gasteiger partial charge in [0.05, 0.1) is 0 Å². The average Bonchev–Trinajstić information content (AvgIpc) is 2.88. The van der Waals surface area contributed by atoms with Crippen LogP contribution >= 0.6 is 0 Å².